The molecule has 2 rings (SSSR count). The molecular weight excluding hydrogens is 290 g/mol. The lowest BCUT2D eigenvalue weighted by molar-refractivity contribution is -0.121. The SMILES string of the molecule is CCCCNC(=O)CCc1ncc(-c2ccc(F)cc2F)o1. The van der Waals surface area contributed by atoms with Crippen LogP contribution in [0.15, 0.2) is 28.8 Å². The fourth-order valence-corrected chi connectivity index (χ4v) is 1.95. The van der Waals surface area contributed by atoms with E-state index in [1.54, 1.807) is 0 Å². The third-order valence-electron chi connectivity index (χ3n) is 3.17. The van der Waals surface area contributed by atoms with E-state index in [0.29, 0.717) is 18.9 Å². The summed E-state index contributed by atoms with van der Waals surface area (Å²) in [5.41, 5.74) is 0.146. The van der Waals surface area contributed by atoms with Crippen LogP contribution in [0.2, 0.25) is 0 Å². The van der Waals surface area contributed by atoms with Crippen molar-refractivity contribution in [2.45, 2.75) is 32.6 Å². The van der Waals surface area contributed by atoms with Crippen molar-refractivity contribution in [3.8, 4) is 11.3 Å². The van der Waals surface area contributed by atoms with Crippen molar-refractivity contribution in [2.75, 3.05) is 6.54 Å². The van der Waals surface area contributed by atoms with Crippen molar-refractivity contribution in [3.63, 3.8) is 0 Å². The number of rotatable bonds is 7. The van der Waals surface area contributed by atoms with Gasteiger partial charge < -0.3 is 9.73 Å². The summed E-state index contributed by atoms with van der Waals surface area (Å²) >= 11 is 0. The number of amides is 1. The lowest BCUT2D eigenvalue weighted by atomic mass is 10.2. The predicted molar refractivity (Wildman–Crippen MR) is 78.1 cm³/mol. The Balaban J connectivity index is 1.93. The van der Waals surface area contributed by atoms with Crippen LogP contribution in [0, 0.1) is 11.6 Å². The van der Waals surface area contributed by atoms with Crippen molar-refractivity contribution < 1.29 is 18.0 Å². The molecule has 1 amide bonds. The normalized spacial score (nSPS) is 10.7. The van der Waals surface area contributed by atoms with E-state index in [1.165, 1.54) is 12.3 Å². The number of oxazole rings is 1. The van der Waals surface area contributed by atoms with Crippen LogP contribution in [-0.4, -0.2) is 17.4 Å². The number of nitrogens with one attached hydrogen (secondary N) is 1. The number of carbonyl (C=O) groups is 1. The molecule has 0 unspecified atom stereocenters. The molecule has 0 aliphatic rings. The zero-order chi connectivity index (χ0) is 15.9. The Morgan fingerprint density at radius 2 is 2.18 bits per heavy atom. The molecule has 0 saturated heterocycles. The number of carbonyl (C=O) groups excluding carboxylic acids is 1. The lowest BCUT2D eigenvalue weighted by Gasteiger charge is -2.02. The Morgan fingerprint density at radius 1 is 1.36 bits per heavy atom. The summed E-state index contributed by atoms with van der Waals surface area (Å²) in [5.74, 6) is -0.853. The van der Waals surface area contributed by atoms with Crippen molar-refractivity contribution >= 4 is 5.91 Å². The fraction of sp³-hybridized carbons (Fsp3) is 0.375. The molecule has 0 fully saturated rings. The first-order valence-corrected chi connectivity index (χ1v) is 7.27. The van der Waals surface area contributed by atoms with E-state index in [1.807, 2.05) is 0 Å². The third kappa shape index (κ3) is 4.38. The van der Waals surface area contributed by atoms with Gasteiger partial charge in [0.1, 0.15) is 11.6 Å². The number of benzene rings is 1. The molecule has 0 spiro atoms. The summed E-state index contributed by atoms with van der Waals surface area (Å²) in [6, 6.07) is 3.24. The van der Waals surface area contributed by atoms with Gasteiger partial charge in [-0.05, 0) is 18.6 Å². The minimum Gasteiger partial charge on any atom is -0.441 e. The summed E-state index contributed by atoms with van der Waals surface area (Å²) in [7, 11) is 0. The molecule has 0 radical (unpaired) electrons. The van der Waals surface area contributed by atoms with E-state index < -0.39 is 11.6 Å². The van der Waals surface area contributed by atoms with Crippen molar-refractivity contribution in [1.29, 1.82) is 0 Å². The quantitative estimate of drug-likeness (QED) is 0.797. The second-order valence-corrected chi connectivity index (χ2v) is 4.95. The molecular formula is C16H18F2N2O2. The molecule has 1 aromatic heterocycles. The maximum Gasteiger partial charge on any atom is 0.220 e. The van der Waals surface area contributed by atoms with Crippen molar-refractivity contribution in [3.05, 3.63) is 41.9 Å². The zero-order valence-electron chi connectivity index (χ0n) is 12.4. The number of hydrogen-bond acceptors (Lipinski definition) is 3. The minimum absolute atomic E-state index is 0.0684. The third-order valence-corrected chi connectivity index (χ3v) is 3.17. The molecule has 22 heavy (non-hydrogen) atoms. The van der Waals surface area contributed by atoms with Crippen LogP contribution in [0.5, 0.6) is 0 Å². The molecule has 1 aromatic carbocycles. The van der Waals surface area contributed by atoms with Gasteiger partial charge in [0, 0.05) is 25.5 Å². The van der Waals surface area contributed by atoms with Crippen LogP contribution in [-0.2, 0) is 11.2 Å². The number of aromatic nitrogens is 1. The first-order chi connectivity index (χ1) is 10.6. The Bertz CT molecular complexity index is 641. The Morgan fingerprint density at radius 3 is 2.91 bits per heavy atom. The van der Waals surface area contributed by atoms with Gasteiger partial charge in [-0.3, -0.25) is 4.79 Å². The first kappa shape index (κ1) is 16.1. The molecule has 4 nitrogen and oxygen atoms in total. The van der Waals surface area contributed by atoms with E-state index in [-0.39, 0.29) is 23.7 Å². The monoisotopic (exact) mass is 308 g/mol. The van der Waals surface area contributed by atoms with Crippen molar-refractivity contribution in [1.82, 2.24) is 10.3 Å². The largest absolute Gasteiger partial charge is 0.441 e. The molecule has 0 bridgehead atoms. The summed E-state index contributed by atoms with van der Waals surface area (Å²) in [6.45, 7) is 2.71. The molecule has 0 atom stereocenters. The standard InChI is InChI=1S/C16H18F2N2O2/c1-2-3-8-19-15(21)6-7-16-20-10-14(22-16)12-5-4-11(17)9-13(12)18/h4-5,9-10H,2-3,6-8H2,1H3,(H,19,21). The highest BCUT2D eigenvalue weighted by Crippen LogP contribution is 2.24. The molecule has 2 aromatic rings. The molecule has 0 saturated carbocycles. The summed E-state index contributed by atoms with van der Waals surface area (Å²) < 4.78 is 31.9. The van der Waals surface area contributed by atoms with Crippen LogP contribution in [0.4, 0.5) is 8.78 Å². The number of unbranched alkanes of at least 4 members (excludes halogenated alkanes) is 1. The molecule has 1 heterocycles. The van der Waals surface area contributed by atoms with E-state index in [0.717, 1.165) is 25.0 Å². The molecule has 118 valence electrons. The van der Waals surface area contributed by atoms with Gasteiger partial charge in [0.15, 0.2) is 11.7 Å². The van der Waals surface area contributed by atoms with Crippen LogP contribution < -0.4 is 5.32 Å². The van der Waals surface area contributed by atoms with Crippen molar-refractivity contribution in [2.24, 2.45) is 0 Å². The number of hydrogen-bond donors (Lipinski definition) is 1. The van der Waals surface area contributed by atoms with E-state index in [2.05, 4.69) is 17.2 Å². The maximum absolute atomic E-state index is 13.6. The van der Waals surface area contributed by atoms with Gasteiger partial charge in [-0.25, -0.2) is 13.8 Å². The number of halogens is 2. The van der Waals surface area contributed by atoms with Crippen LogP contribution in [0.25, 0.3) is 11.3 Å². The van der Waals surface area contributed by atoms with E-state index in [9.17, 15) is 13.6 Å². The van der Waals surface area contributed by atoms with Gasteiger partial charge in [0.25, 0.3) is 0 Å². The zero-order valence-corrected chi connectivity index (χ0v) is 12.4. The lowest BCUT2D eigenvalue weighted by Crippen LogP contribution is -2.24. The topological polar surface area (TPSA) is 55.1 Å². The van der Waals surface area contributed by atoms with Gasteiger partial charge in [0.05, 0.1) is 11.8 Å². The van der Waals surface area contributed by atoms with E-state index in [4.69, 9.17) is 4.42 Å². The number of aryl methyl sites for hydroxylation is 1. The smallest absolute Gasteiger partial charge is 0.220 e. The second kappa shape index (κ2) is 7.68. The first-order valence-electron chi connectivity index (χ1n) is 7.27. The van der Waals surface area contributed by atoms with Gasteiger partial charge >= 0.3 is 0 Å². The highest BCUT2D eigenvalue weighted by Gasteiger charge is 2.12. The van der Waals surface area contributed by atoms with Crippen LogP contribution >= 0.6 is 0 Å². The van der Waals surface area contributed by atoms with Gasteiger partial charge in [-0.15, -0.1) is 0 Å². The summed E-state index contributed by atoms with van der Waals surface area (Å²) in [6.07, 6.45) is 3.93. The predicted octanol–water partition coefficient (Wildman–Crippen LogP) is 3.47. The summed E-state index contributed by atoms with van der Waals surface area (Å²) in [4.78, 5) is 15.6. The fourth-order valence-electron chi connectivity index (χ4n) is 1.95. The average molecular weight is 308 g/mol. The summed E-state index contributed by atoms with van der Waals surface area (Å²) in [5, 5.41) is 2.80. The second-order valence-electron chi connectivity index (χ2n) is 4.95. The average Bonchev–Trinajstić information content (AvgIpc) is 2.94. The Kier molecular flexibility index (Phi) is 5.63. The highest BCUT2D eigenvalue weighted by molar-refractivity contribution is 5.75. The van der Waals surface area contributed by atoms with Gasteiger partial charge in [0.2, 0.25) is 5.91 Å². The number of nitrogens with zero attached hydrogens (tertiary/aromatic N) is 1. The molecule has 1 N–H and O–H groups in total. The highest BCUT2D eigenvalue weighted by atomic mass is 19.1. The maximum atomic E-state index is 13.6. The molecule has 0 aliphatic carbocycles. The molecule has 6 heteroatoms. The van der Waals surface area contributed by atoms with Crippen LogP contribution in [0.1, 0.15) is 32.1 Å². The Labute approximate surface area is 127 Å². The van der Waals surface area contributed by atoms with Gasteiger partial charge in [-0.1, -0.05) is 13.3 Å². The van der Waals surface area contributed by atoms with Crippen LogP contribution in [0.3, 0.4) is 0 Å². The Hall–Kier alpha value is -2.24. The molecule has 0 aliphatic heterocycles. The minimum atomic E-state index is -0.708. The van der Waals surface area contributed by atoms with E-state index >= 15 is 0 Å². The van der Waals surface area contributed by atoms with Gasteiger partial charge in [-0.2, -0.15) is 0 Å².